The van der Waals surface area contributed by atoms with E-state index in [2.05, 4.69) is 20.6 Å². The summed E-state index contributed by atoms with van der Waals surface area (Å²) in [6, 6.07) is 1.81. The zero-order valence-corrected chi connectivity index (χ0v) is 13.2. The second-order valence-electron chi connectivity index (χ2n) is 5.62. The molecule has 2 atom stereocenters. The molecule has 1 aromatic heterocycles. The van der Waals surface area contributed by atoms with Gasteiger partial charge in [0.15, 0.2) is 0 Å². The molecule has 120 valence electrons. The minimum atomic E-state index is -0.192. The van der Waals surface area contributed by atoms with Gasteiger partial charge in [0, 0.05) is 24.9 Å². The first-order valence-electron chi connectivity index (χ1n) is 7.39. The fourth-order valence-electron chi connectivity index (χ4n) is 2.74. The number of carbonyl (C=O) groups excluding carboxylic acids is 2. The van der Waals surface area contributed by atoms with Crippen molar-refractivity contribution >= 4 is 11.8 Å². The van der Waals surface area contributed by atoms with E-state index in [1.165, 1.54) is 7.11 Å². The highest BCUT2D eigenvalue weighted by atomic mass is 16.5. The quantitative estimate of drug-likeness (QED) is 0.826. The van der Waals surface area contributed by atoms with Gasteiger partial charge in [-0.25, -0.2) is 9.97 Å². The summed E-state index contributed by atoms with van der Waals surface area (Å²) in [4.78, 5) is 32.0. The number of methoxy groups -OCH3 is 1. The number of nitrogens with one attached hydrogen (secondary N) is 2. The molecule has 0 aliphatic heterocycles. The summed E-state index contributed by atoms with van der Waals surface area (Å²) in [5.74, 6) is 0.269. The Labute approximate surface area is 129 Å². The maximum atomic E-state index is 12.2. The fourth-order valence-corrected chi connectivity index (χ4v) is 2.74. The van der Waals surface area contributed by atoms with Gasteiger partial charge in [0.25, 0.3) is 5.91 Å². The number of hydrogen-bond donors (Lipinski definition) is 2. The van der Waals surface area contributed by atoms with E-state index >= 15 is 0 Å². The van der Waals surface area contributed by atoms with E-state index in [9.17, 15) is 9.59 Å². The molecule has 7 nitrogen and oxygen atoms in total. The number of carbonyl (C=O) groups is 2. The molecule has 0 unspecified atom stereocenters. The Balaban J connectivity index is 1.87. The predicted octanol–water partition coefficient (Wildman–Crippen LogP) is 0.507. The summed E-state index contributed by atoms with van der Waals surface area (Å²) >= 11 is 0. The lowest BCUT2D eigenvalue weighted by molar-refractivity contribution is -0.125. The largest absolute Gasteiger partial charge is 0.375 e. The van der Waals surface area contributed by atoms with Crippen LogP contribution in [0.5, 0.6) is 0 Å². The Morgan fingerprint density at radius 3 is 2.55 bits per heavy atom. The first kappa shape index (κ1) is 16.4. The number of ether oxygens (including phenoxy) is 1. The highest BCUT2D eigenvalue weighted by Gasteiger charge is 2.27. The first-order valence-corrected chi connectivity index (χ1v) is 7.39. The lowest BCUT2D eigenvalue weighted by Crippen LogP contribution is -2.38. The summed E-state index contributed by atoms with van der Waals surface area (Å²) in [6.45, 7) is 3.66. The van der Waals surface area contributed by atoms with Crippen molar-refractivity contribution in [2.75, 3.05) is 13.7 Å². The smallest absolute Gasteiger partial charge is 0.270 e. The SMILES string of the molecule is COCC(=O)N[C@H]1CC[C@@H](NC(=O)c2cc(C)nc(C)n2)C1. The van der Waals surface area contributed by atoms with Crippen LogP contribution >= 0.6 is 0 Å². The Bertz CT molecular complexity index is 541. The number of aryl methyl sites for hydroxylation is 2. The second-order valence-corrected chi connectivity index (χ2v) is 5.62. The zero-order valence-electron chi connectivity index (χ0n) is 13.2. The molecule has 1 aliphatic rings. The maximum absolute atomic E-state index is 12.2. The van der Waals surface area contributed by atoms with E-state index < -0.39 is 0 Å². The third-order valence-corrected chi connectivity index (χ3v) is 3.61. The summed E-state index contributed by atoms with van der Waals surface area (Å²) in [5, 5.41) is 5.87. The highest BCUT2D eigenvalue weighted by molar-refractivity contribution is 5.92. The molecule has 2 amide bonds. The summed E-state index contributed by atoms with van der Waals surface area (Å²) in [6.07, 6.45) is 2.42. The van der Waals surface area contributed by atoms with Gasteiger partial charge in [-0.1, -0.05) is 0 Å². The van der Waals surface area contributed by atoms with Gasteiger partial charge in [0.2, 0.25) is 5.91 Å². The molecule has 7 heteroatoms. The molecule has 1 aliphatic carbocycles. The van der Waals surface area contributed by atoms with Crippen molar-refractivity contribution in [2.24, 2.45) is 0 Å². The molecule has 0 radical (unpaired) electrons. The van der Waals surface area contributed by atoms with Gasteiger partial charge in [-0.3, -0.25) is 9.59 Å². The molecule has 22 heavy (non-hydrogen) atoms. The van der Waals surface area contributed by atoms with Gasteiger partial charge < -0.3 is 15.4 Å². The third kappa shape index (κ3) is 4.49. The molecule has 0 spiro atoms. The van der Waals surface area contributed by atoms with Gasteiger partial charge in [-0.05, 0) is 39.2 Å². The number of hydrogen-bond acceptors (Lipinski definition) is 5. The molecular weight excluding hydrogens is 284 g/mol. The van der Waals surface area contributed by atoms with Crippen LogP contribution in [0.4, 0.5) is 0 Å². The molecule has 0 aromatic carbocycles. The van der Waals surface area contributed by atoms with Gasteiger partial charge in [0.05, 0.1) is 0 Å². The third-order valence-electron chi connectivity index (χ3n) is 3.61. The number of rotatable bonds is 5. The van der Waals surface area contributed by atoms with Gasteiger partial charge in [-0.15, -0.1) is 0 Å². The van der Waals surface area contributed by atoms with Crippen molar-refractivity contribution < 1.29 is 14.3 Å². The van der Waals surface area contributed by atoms with Crippen LogP contribution in [0.3, 0.4) is 0 Å². The molecule has 1 fully saturated rings. The van der Waals surface area contributed by atoms with Crippen molar-refractivity contribution in [2.45, 2.75) is 45.2 Å². The second kappa shape index (κ2) is 7.31. The molecule has 2 N–H and O–H groups in total. The molecule has 1 aromatic rings. The van der Waals surface area contributed by atoms with Crippen LogP contribution in [0, 0.1) is 13.8 Å². The van der Waals surface area contributed by atoms with Crippen LogP contribution < -0.4 is 10.6 Å². The average Bonchev–Trinajstić information content (AvgIpc) is 2.85. The van der Waals surface area contributed by atoms with Crippen LogP contribution in [0.2, 0.25) is 0 Å². The number of aromatic nitrogens is 2. The summed E-state index contributed by atoms with van der Waals surface area (Å²) in [5.41, 5.74) is 1.16. The van der Waals surface area contributed by atoms with Crippen LogP contribution in [0.15, 0.2) is 6.07 Å². The minimum absolute atomic E-state index is 0.0518. The fraction of sp³-hybridized carbons (Fsp3) is 0.600. The molecular formula is C15H22N4O3. The molecule has 0 saturated heterocycles. The van der Waals surface area contributed by atoms with Crippen molar-refractivity contribution in [3.63, 3.8) is 0 Å². The van der Waals surface area contributed by atoms with Crippen molar-refractivity contribution in [3.05, 3.63) is 23.3 Å². The van der Waals surface area contributed by atoms with E-state index in [4.69, 9.17) is 4.74 Å². The number of nitrogens with zero attached hydrogens (tertiary/aromatic N) is 2. The minimum Gasteiger partial charge on any atom is -0.375 e. The first-order chi connectivity index (χ1) is 10.5. The van der Waals surface area contributed by atoms with E-state index in [1.54, 1.807) is 13.0 Å². The standard InChI is InChI=1S/C15H22N4O3/c1-9-6-13(17-10(2)16-9)15(21)19-12-5-4-11(7-12)18-14(20)8-22-3/h6,11-12H,4-5,7-8H2,1-3H3,(H,18,20)(H,19,21)/t11-,12+/m0/s1. The van der Waals surface area contributed by atoms with E-state index in [-0.39, 0.29) is 30.5 Å². The monoisotopic (exact) mass is 306 g/mol. The summed E-state index contributed by atoms with van der Waals surface area (Å²) in [7, 11) is 1.49. The zero-order chi connectivity index (χ0) is 16.1. The average molecular weight is 306 g/mol. The Kier molecular flexibility index (Phi) is 5.43. The maximum Gasteiger partial charge on any atom is 0.270 e. The predicted molar refractivity (Wildman–Crippen MR) is 80.4 cm³/mol. The highest BCUT2D eigenvalue weighted by Crippen LogP contribution is 2.19. The molecule has 1 saturated carbocycles. The molecule has 1 heterocycles. The van der Waals surface area contributed by atoms with Crippen molar-refractivity contribution in [3.8, 4) is 0 Å². The van der Waals surface area contributed by atoms with Gasteiger partial charge in [0.1, 0.15) is 18.1 Å². The Morgan fingerprint density at radius 1 is 1.23 bits per heavy atom. The van der Waals surface area contributed by atoms with Crippen molar-refractivity contribution in [1.82, 2.24) is 20.6 Å². The van der Waals surface area contributed by atoms with Crippen LogP contribution in [0.1, 0.15) is 41.3 Å². The van der Waals surface area contributed by atoms with E-state index in [0.29, 0.717) is 11.5 Å². The summed E-state index contributed by atoms with van der Waals surface area (Å²) < 4.78 is 4.79. The molecule has 0 bridgehead atoms. The van der Waals surface area contributed by atoms with E-state index in [0.717, 1.165) is 25.0 Å². The normalized spacial score (nSPS) is 20.7. The van der Waals surface area contributed by atoms with Gasteiger partial charge >= 0.3 is 0 Å². The lowest BCUT2D eigenvalue weighted by Gasteiger charge is -2.14. The van der Waals surface area contributed by atoms with E-state index in [1.807, 2.05) is 6.92 Å². The van der Waals surface area contributed by atoms with Crippen LogP contribution in [-0.2, 0) is 9.53 Å². The van der Waals surface area contributed by atoms with Gasteiger partial charge in [-0.2, -0.15) is 0 Å². The Hall–Kier alpha value is -2.02. The van der Waals surface area contributed by atoms with Crippen LogP contribution in [0.25, 0.3) is 0 Å². The van der Waals surface area contributed by atoms with Crippen molar-refractivity contribution in [1.29, 1.82) is 0 Å². The topological polar surface area (TPSA) is 93.2 Å². The Morgan fingerprint density at radius 2 is 1.91 bits per heavy atom. The van der Waals surface area contributed by atoms with Crippen LogP contribution in [-0.4, -0.2) is 47.6 Å². The molecule has 2 rings (SSSR count). The lowest BCUT2D eigenvalue weighted by atomic mass is 10.2. The number of amides is 2.